The van der Waals surface area contributed by atoms with Gasteiger partial charge < -0.3 is 40.4 Å². The summed E-state index contributed by atoms with van der Waals surface area (Å²) in [4.78, 5) is 13.6. The summed E-state index contributed by atoms with van der Waals surface area (Å²) in [6.07, 6.45) is 4.43. The standard InChI is InChI=1S/C31H41ClN7O4P/c1-6-31(2,41)37-24-15-25(27(43-3)16-26(24)39-13-11-20(18-39)38-14-12-21(40)19-38)35-30-33-17-22(32)29(36-30)34-23-9-7-8-10-28(23)44(4,5)42/h6-10,15-17,20-21,37,40-41H,1,11-14,18-19H2,2-5H3,(H2,33,34,35,36). The van der Waals surface area contributed by atoms with Gasteiger partial charge in [-0.05, 0) is 57.4 Å². The van der Waals surface area contributed by atoms with Crippen LogP contribution in [0.5, 0.6) is 5.75 Å². The molecule has 5 N–H and O–H groups in total. The molecule has 0 radical (unpaired) electrons. The number of aliphatic hydroxyl groups is 2. The molecule has 11 nitrogen and oxygen atoms in total. The molecular formula is C31H41ClN7O4P. The summed E-state index contributed by atoms with van der Waals surface area (Å²) in [5.41, 5.74) is 1.38. The van der Waals surface area contributed by atoms with Crippen LogP contribution >= 0.6 is 18.7 Å². The van der Waals surface area contributed by atoms with Crippen LogP contribution in [0, 0.1) is 0 Å². The van der Waals surface area contributed by atoms with Crippen molar-refractivity contribution in [3.63, 3.8) is 0 Å². The van der Waals surface area contributed by atoms with Crippen molar-refractivity contribution >= 4 is 58.6 Å². The van der Waals surface area contributed by atoms with E-state index in [1.807, 2.05) is 36.4 Å². The minimum atomic E-state index is -2.57. The number of aliphatic hydroxyl groups excluding tert-OH is 1. The van der Waals surface area contributed by atoms with Gasteiger partial charge in [0.25, 0.3) is 0 Å². The maximum atomic E-state index is 12.9. The van der Waals surface area contributed by atoms with Gasteiger partial charge in [0.2, 0.25) is 5.95 Å². The third kappa shape index (κ3) is 7.30. The van der Waals surface area contributed by atoms with E-state index in [1.165, 1.54) is 12.3 Å². The van der Waals surface area contributed by atoms with Crippen molar-refractivity contribution in [3.8, 4) is 5.75 Å². The number of ether oxygens (including phenoxy) is 1. The van der Waals surface area contributed by atoms with Crippen LogP contribution in [0.4, 0.5) is 34.5 Å². The van der Waals surface area contributed by atoms with Gasteiger partial charge in [-0.2, -0.15) is 4.98 Å². The SMILES string of the molecule is C=CC(C)(O)Nc1cc(Nc2ncc(Cl)c(Nc3ccccc3P(C)(C)=O)n2)c(OC)cc1N1CCC(N2CCC(O)C2)C1. The molecule has 13 heteroatoms. The predicted octanol–water partition coefficient (Wildman–Crippen LogP) is 4.83. The van der Waals surface area contributed by atoms with Crippen molar-refractivity contribution in [2.45, 2.75) is 37.6 Å². The lowest BCUT2D eigenvalue weighted by Gasteiger charge is -2.30. The first kappa shape index (κ1) is 32.1. The zero-order valence-corrected chi connectivity index (χ0v) is 27.2. The molecule has 1 aromatic heterocycles. The Labute approximate surface area is 263 Å². The van der Waals surface area contributed by atoms with Gasteiger partial charge >= 0.3 is 0 Å². The molecule has 0 saturated carbocycles. The molecule has 0 bridgehead atoms. The fourth-order valence-corrected chi connectivity index (χ4v) is 6.99. The number of hydrogen-bond acceptors (Lipinski definition) is 11. The lowest BCUT2D eigenvalue weighted by molar-refractivity contribution is 0.143. The number of benzene rings is 2. The van der Waals surface area contributed by atoms with Crippen LogP contribution in [-0.2, 0) is 4.57 Å². The molecule has 0 spiro atoms. The number of β-amino-alcohol motifs (C(OH)–C–C–N with tert-alkyl or cyclic N) is 1. The average Bonchev–Trinajstić information content (AvgIpc) is 3.64. The molecule has 2 aromatic carbocycles. The quantitative estimate of drug-likeness (QED) is 0.112. The second kappa shape index (κ2) is 12.9. The van der Waals surface area contributed by atoms with E-state index in [-0.39, 0.29) is 12.1 Å². The molecule has 2 aliphatic rings. The topological polar surface area (TPSA) is 135 Å². The van der Waals surface area contributed by atoms with Crippen molar-refractivity contribution in [2.75, 3.05) is 67.5 Å². The monoisotopic (exact) mass is 641 g/mol. The van der Waals surface area contributed by atoms with Crippen LogP contribution in [0.25, 0.3) is 0 Å². The molecule has 236 valence electrons. The summed E-state index contributed by atoms with van der Waals surface area (Å²) in [5.74, 6) is 1.16. The highest BCUT2D eigenvalue weighted by Crippen LogP contribution is 2.42. The fraction of sp³-hybridized carbons (Fsp3) is 0.419. The number of likely N-dealkylation sites (tertiary alicyclic amines) is 1. The molecule has 2 fully saturated rings. The van der Waals surface area contributed by atoms with Gasteiger partial charge in [-0.3, -0.25) is 4.90 Å². The van der Waals surface area contributed by atoms with Crippen LogP contribution in [0.3, 0.4) is 0 Å². The Morgan fingerprint density at radius 2 is 1.91 bits per heavy atom. The minimum absolute atomic E-state index is 0.256. The third-order valence-corrected chi connectivity index (χ3v) is 9.87. The van der Waals surface area contributed by atoms with Crippen LogP contribution in [0.2, 0.25) is 5.02 Å². The highest BCUT2D eigenvalue weighted by Gasteiger charge is 2.34. The van der Waals surface area contributed by atoms with Crippen molar-refractivity contribution in [2.24, 2.45) is 0 Å². The smallest absolute Gasteiger partial charge is 0.229 e. The molecule has 2 aliphatic heterocycles. The number of methoxy groups -OCH3 is 1. The summed E-state index contributed by atoms with van der Waals surface area (Å²) in [6, 6.07) is 11.5. The minimum Gasteiger partial charge on any atom is -0.494 e. The largest absolute Gasteiger partial charge is 0.494 e. The Morgan fingerprint density at radius 1 is 1.14 bits per heavy atom. The Kier molecular flexibility index (Phi) is 9.44. The van der Waals surface area contributed by atoms with Crippen molar-refractivity contribution in [1.29, 1.82) is 0 Å². The van der Waals surface area contributed by atoms with Gasteiger partial charge in [-0.15, -0.1) is 0 Å². The molecule has 44 heavy (non-hydrogen) atoms. The number of anilines is 6. The molecule has 3 unspecified atom stereocenters. The van der Waals surface area contributed by atoms with Crippen LogP contribution in [0.15, 0.2) is 55.3 Å². The first-order chi connectivity index (χ1) is 20.9. The number of para-hydroxylation sites is 1. The van der Waals surface area contributed by atoms with E-state index in [9.17, 15) is 14.8 Å². The zero-order valence-electron chi connectivity index (χ0n) is 25.5. The first-order valence-corrected chi connectivity index (χ1v) is 17.6. The average molecular weight is 642 g/mol. The van der Waals surface area contributed by atoms with E-state index in [4.69, 9.17) is 16.3 Å². The summed E-state index contributed by atoms with van der Waals surface area (Å²) in [7, 11) is -0.978. The second-order valence-electron chi connectivity index (χ2n) is 11.9. The molecule has 0 aliphatic carbocycles. The van der Waals surface area contributed by atoms with Gasteiger partial charge in [0.15, 0.2) is 11.5 Å². The van der Waals surface area contributed by atoms with Gasteiger partial charge in [0, 0.05) is 43.6 Å². The van der Waals surface area contributed by atoms with E-state index in [0.717, 1.165) is 38.2 Å². The molecule has 2 saturated heterocycles. The Hall–Kier alpha value is -3.34. The first-order valence-electron chi connectivity index (χ1n) is 14.6. The van der Waals surface area contributed by atoms with E-state index in [1.54, 1.807) is 27.4 Å². The zero-order chi connectivity index (χ0) is 31.6. The Morgan fingerprint density at radius 3 is 2.59 bits per heavy atom. The van der Waals surface area contributed by atoms with Crippen molar-refractivity contribution in [1.82, 2.24) is 14.9 Å². The number of halogens is 1. The number of aromatic nitrogens is 2. The Bertz CT molecular complexity index is 1570. The summed E-state index contributed by atoms with van der Waals surface area (Å²) < 4.78 is 18.7. The van der Waals surface area contributed by atoms with Crippen molar-refractivity contribution < 1.29 is 19.5 Å². The number of nitrogens with one attached hydrogen (secondary N) is 3. The lowest BCUT2D eigenvalue weighted by atomic mass is 10.1. The van der Waals surface area contributed by atoms with Gasteiger partial charge in [0.1, 0.15) is 17.9 Å². The van der Waals surface area contributed by atoms with Gasteiger partial charge in [-0.25, -0.2) is 4.98 Å². The van der Waals surface area contributed by atoms with Crippen LogP contribution in [-0.4, -0.2) is 89.6 Å². The maximum Gasteiger partial charge on any atom is 0.229 e. The number of hydrogen-bond donors (Lipinski definition) is 5. The van der Waals surface area contributed by atoms with Crippen LogP contribution in [0.1, 0.15) is 19.8 Å². The third-order valence-electron chi connectivity index (χ3n) is 8.05. The number of nitrogens with zero attached hydrogens (tertiary/aromatic N) is 4. The molecule has 3 atom stereocenters. The fourth-order valence-electron chi connectivity index (χ4n) is 5.69. The molecule has 5 rings (SSSR count). The highest BCUT2D eigenvalue weighted by molar-refractivity contribution is 7.70. The van der Waals surface area contributed by atoms with E-state index in [0.29, 0.717) is 51.5 Å². The highest BCUT2D eigenvalue weighted by atomic mass is 35.5. The van der Waals surface area contributed by atoms with Gasteiger partial charge in [-0.1, -0.05) is 30.3 Å². The van der Waals surface area contributed by atoms with Crippen molar-refractivity contribution in [3.05, 3.63) is 60.3 Å². The summed E-state index contributed by atoms with van der Waals surface area (Å²) in [5, 5.41) is 31.6. The van der Waals surface area contributed by atoms with E-state index >= 15 is 0 Å². The summed E-state index contributed by atoms with van der Waals surface area (Å²) in [6.45, 7) is 12.0. The van der Waals surface area contributed by atoms with E-state index in [2.05, 4.69) is 42.3 Å². The predicted molar refractivity (Wildman–Crippen MR) is 179 cm³/mol. The van der Waals surface area contributed by atoms with E-state index < -0.39 is 12.9 Å². The molecular weight excluding hydrogens is 601 g/mol. The van der Waals surface area contributed by atoms with Crippen LogP contribution < -0.4 is 30.9 Å². The maximum absolute atomic E-state index is 12.9. The molecule has 0 amide bonds. The lowest BCUT2D eigenvalue weighted by Crippen LogP contribution is -2.37. The summed E-state index contributed by atoms with van der Waals surface area (Å²) >= 11 is 6.47. The normalized spacial score (nSPS) is 20.3. The number of rotatable bonds is 11. The second-order valence-corrected chi connectivity index (χ2v) is 15.5. The van der Waals surface area contributed by atoms with Gasteiger partial charge in [0.05, 0.1) is 42.2 Å². The molecule has 3 heterocycles. The molecule has 3 aromatic rings. The Balaban J connectivity index is 1.45.